The Hall–Kier alpha value is -2.78. The van der Waals surface area contributed by atoms with Crippen LogP contribution in [0.3, 0.4) is 0 Å². The number of fused-ring (bicyclic) bond motifs is 4. The summed E-state index contributed by atoms with van der Waals surface area (Å²) >= 11 is 1.59. The van der Waals surface area contributed by atoms with E-state index in [1.54, 1.807) is 17.5 Å². The van der Waals surface area contributed by atoms with Crippen molar-refractivity contribution in [3.05, 3.63) is 35.5 Å². The number of nitrogens with one attached hydrogen (secondary N) is 2. The largest absolute Gasteiger partial charge is 0.483 e. The standard InChI is InChI=1S/C18H19N5OS.CH2O2/c24-17(20-15-10-23-6-3-11(15)4-7-23)16-13-9-12(18-19-5-8-25-18)1-2-14(13)21-22-16;2-1-3/h1-2,5,8-9,11,15H,3-4,6-7,10H2,(H,20,24)(H,21,22);1H,(H,2,3)/t15-;/m1./s1. The number of benzene rings is 1. The van der Waals surface area contributed by atoms with Gasteiger partial charge in [-0.3, -0.25) is 14.7 Å². The highest BCUT2D eigenvalue weighted by Gasteiger charge is 2.35. The van der Waals surface area contributed by atoms with E-state index >= 15 is 0 Å². The number of hydrogen-bond acceptors (Lipinski definition) is 6. The Bertz CT molecular complexity index is 963. The third kappa shape index (κ3) is 3.63. The Labute approximate surface area is 165 Å². The lowest BCUT2D eigenvalue weighted by Gasteiger charge is -2.44. The van der Waals surface area contributed by atoms with E-state index < -0.39 is 0 Å². The molecule has 2 aromatic heterocycles. The molecule has 6 rings (SSSR count). The van der Waals surface area contributed by atoms with Crippen molar-refractivity contribution in [3.63, 3.8) is 0 Å². The van der Waals surface area contributed by atoms with Gasteiger partial charge in [-0.25, -0.2) is 4.98 Å². The fourth-order valence-electron chi connectivity index (χ4n) is 4.05. The summed E-state index contributed by atoms with van der Waals surface area (Å²) in [7, 11) is 0. The molecule has 0 spiro atoms. The third-order valence-electron chi connectivity index (χ3n) is 5.43. The van der Waals surface area contributed by atoms with E-state index in [1.807, 2.05) is 23.6 Å². The summed E-state index contributed by atoms with van der Waals surface area (Å²) in [6.45, 7) is 3.04. The van der Waals surface area contributed by atoms with E-state index in [1.165, 1.54) is 25.9 Å². The van der Waals surface area contributed by atoms with Crippen molar-refractivity contribution in [2.24, 2.45) is 5.92 Å². The van der Waals surface area contributed by atoms with Crippen LogP contribution in [0.2, 0.25) is 0 Å². The monoisotopic (exact) mass is 399 g/mol. The Morgan fingerprint density at radius 2 is 2.14 bits per heavy atom. The minimum atomic E-state index is -0.250. The molecule has 2 bridgehead atoms. The molecule has 0 unspecified atom stereocenters. The SMILES string of the molecule is O=C(N[C@@H]1CN2CCC1CC2)c1n[nH]c2ccc(-c3nccs3)cc12.O=CO. The summed E-state index contributed by atoms with van der Waals surface area (Å²) in [5.74, 6) is 0.520. The summed E-state index contributed by atoms with van der Waals surface area (Å²) in [4.78, 5) is 28.0. The number of rotatable bonds is 3. The topological polar surface area (TPSA) is 111 Å². The second kappa shape index (κ2) is 8.07. The van der Waals surface area contributed by atoms with Crippen LogP contribution < -0.4 is 5.32 Å². The van der Waals surface area contributed by atoms with Gasteiger partial charge in [0.25, 0.3) is 12.4 Å². The minimum Gasteiger partial charge on any atom is -0.483 e. The molecular weight excluding hydrogens is 378 g/mol. The Balaban J connectivity index is 0.000000604. The van der Waals surface area contributed by atoms with Gasteiger partial charge in [0.1, 0.15) is 5.01 Å². The van der Waals surface area contributed by atoms with Crippen molar-refractivity contribution in [1.29, 1.82) is 0 Å². The predicted molar refractivity (Wildman–Crippen MR) is 106 cm³/mol. The Morgan fingerprint density at radius 3 is 2.79 bits per heavy atom. The molecule has 0 radical (unpaired) electrons. The van der Waals surface area contributed by atoms with Crippen LogP contribution in [0, 0.1) is 5.92 Å². The van der Waals surface area contributed by atoms with Gasteiger partial charge < -0.3 is 15.3 Å². The number of carboxylic acid groups (broad SMARTS) is 1. The fraction of sp³-hybridized carbons (Fsp3) is 0.368. The van der Waals surface area contributed by atoms with E-state index in [9.17, 15) is 4.79 Å². The smallest absolute Gasteiger partial charge is 0.290 e. The molecule has 5 heterocycles. The third-order valence-corrected chi connectivity index (χ3v) is 6.25. The first kappa shape index (κ1) is 18.6. The molecule has 8 nitrogen and oxygen atoms in total. The molecule has 146 valence electrons. The highest BCUT2D eigenvalue weighted by molar-refractivity contribution is 7.13. The number of aromatic nitrogens is 3. The zero-order valence-electron chi connectivity index (χ0n) is 15.2. The van der Waals surface area contributed by atoms with E-state index in [0.717, 1.165) is 28.0 Å². The maximum atomic E-state index is 12.8. The van der Waals surface area contributed by atoms with E-state index in [0.29, 0.717) is 11.6 Å². The zero-order chi connectivity index (χ0) is 19.5. The average molecular weight is 399 g/mol. The first-order valence-corrected chi connectivity index (χ1v) is 10.1. The van der Waals surface area contributed by atoms with Gasteiger partial charge in [0.2, 0.25) is 0 Å². The summed E-state index contributed by atoms with van der Waals surface area (Å²) in [5, 5.41) is 21.1. The fourth-order valence-corrected chi connectivity index (χ4v) is 4.69. The van der Waals surface area contributed by atoms with Gasteiger partial charge >= 0.3 is 0 Å². The highest BCUT2D eigenvalue weighted by atomic mass is 32.1. The summed E-state index contributed by atoms with van der Waals surface area (Å²) < 4.78 is 0. The van der Waals surface area contributed by atoms with Crippen LogP contribution >= 0.6 is 11.3 Å². The molecule has 3 aliphatic rings. The average Bonchev–Trinajstić information content (AvgIpc) is 3.39. The molecular formula is C19H21N5O3S. The number of carbonyl (C=O) groups excluding carboxylic acids is 1. The van der Waals surface area contributed by atoms with Crippen molar-refractivity contribution in [2.75, 3.05) is 19.6 Å². The van der Waals surface area contributed by atoms with Gasteiger partial charge in [0.15, 0.2) is 5.69 Å². The van der Waals surface area contributed by atoms with Gasteiger partial charge in [-0.05, 0) is 50.0 Å². The van der Waals surface area contributed by atoms with Crippen molar-refractivity contribution in [1.82, 2.24) is 25.4 Å². The quantitative estimate of drug-likeness (QED) is 0.582. The Kier molecular flexibility index (Phi) is 5.36. The molecule has 9 heteroatoms. The van der Waals surface area contributed by atoms with Gasteiger partial charge in [-0.2, -0.15) is 5.10 Å². The number of aromatic amines is 1. The lowest BCUT2D eigenvalue weighted by Crippen LogP contribution is -2.57. The predicted octanol–water partition coefficient (Wildman–Crippen LogP) is 2.21. The van der Waals surface area contributed by atoms with Crippen LogP contribution in [0.4, 0.5) is 0 Å². The van der Waals surface area contributed by atoms with Crippen LogP contribution in [-0.2, 0) is 4.79 Å². The molecule has 3 fully saturated rings. The zero-order valence-corrected chi connectivity index (χ0v) is 16.0. The van der Waals surface area contributed by atoms with E-state index in [-0.39, 0.29) is 18.4 Å². The van der Waals surface area contributed by atoms with Crippen molar-refractivity contribution >= 4 is 34.6 Å². The number of thiazole rings is 1. The van der Waals surface area contributed by atoms with Gasteiger partial charge in [0, 0.05) is 35.1 Å². The molecule has 3 saturated heterocycles. The van der Waals surface area contributed by atoms with E-state index in [4.69, 9.17) is 9.90 Å². The molecule has 28 heavy (non-hydrogen) atoms. The number of carbonyl (C=O) groups is 2. The normalized spacial score (nSPS) is 23.1. The van der Waals surface area contributed by atoms with Gasteiger partial charge in [-0.1, -0.05) is 0 Å². The van der Waals surface area contributed by atoms with E-state index in [2.05, 4.69) is 25.4 Å². The second-order valence-corrected chi connectivity index (χ2v) is 7.89. The van der Waals surface area contributed by atoms with Crippen LogP contribution in [0.1, 0.15) is 23.3 Å². The molecule has 0 aliphatic carbocycles. The summed E-state index contributed by atoms with van der Waals surface area (Å²) in [5.41, 5.74) is 2.37. The van der Waals surface area contributed by atoms with Crippen LogP contribution in [0.25, 0.3) is 21.5 Å². The highest BCUT2D eigenvalue weighted by Crippen LogP contribution is 2.29. The lowest BCUT2D eigenvalue weighted by molar-refractivity contribution is -0.122. The second-order valence-electron chi connectivity index (χ2n) is 6.99. The van der Waals surface area contributed by atoms with Crippen molar-refractivity contribution in [3.8, 4) is 10.6 Å². The van der Waals surface area contributed by atoms with Crippen LogP contribution in [-0.4, -0.2) is 63.2 Å². The summed E-state index contributed by atoms with van der Waals surface area (Å²) in [6.07, 6.45) is 4.15. The number of nitrogens with zero attached hydrogens (tertiary/aromatic N) is 3. The number of hydrogen-bond donors (Lipinski definition) is 3. The lowest BCUT2D eigenvalue weighted by atomic mass is 9.84. The minimum absolute atomic E-state index is 0.0821. The number of piperidine rings is 3. The molecule has 1 aromatic carbocycles. The maximum absolute atomic E-state index is 12.8. The molecule has 1 amide bonds. The first-order valence-electron chi connectivity index (χ1n) is 9.18. The van der Waals surface area contributed by atoms with Crippen LogP contribution in [0.15, 0.2) is 29.8 Å². The number of amides is 1. The van der Waals surface area contributed by atoms with Crippen LogP contribution in [0.5, 0.6) is 0 Å². The Morgan fingerprint density at radius 1 is 1.36 bits per heavy atom. The first-order chi connectivity index (χ1) is 13.7. The van der Waals surface area contributed by atoms with Crippen molar-refractivity contribution in [2.45, 2.75) is 18.9 Å². The molecule has 3 aromatic rings. The summed E-state index contributed by atoms with van der Waals surface area (Å²) in [6, 6.07) is 6.21. The molecule has 0 saturated carbocycles. The molecule has 3 N–H and O–H groups in total. The van der Waals surface area contributed by atoms with Gasteiger partial charge in [0.05, 0.1) is 5.52 Å². The maximum Gasteiger partial charge on any atom is 0.290 e. The van der Waals surface area contributed by atoms with Crippen molar-refractivity contribution < 1.29 is 14.7 Å². The molecule has 3 aliphatic heterocycles. The number of H-pyrrole nitrogens is 1. The van der Waals surface area contributed by atoms with Gasteiger partial charge in [-0.15, -0.1) is 11.3 Å². The molecule has 1 atom stereocenters.